The van der Waals surface area contributed by atoms with Gasteiger partial charge < -0.3 is 20.5 Å². The summed E-state index contributed by atoms with van der Waals surface area (Å²) in [5.41, 5.74) is 4.58. The van der Waals surface area contributed by atoms with E-state index in [1.165, 1.54) is 0 Å². The van der Waals surface area contributed by atoms with Gasteiger partial charge in [-0.05, 0) is 34.1 Å². The van der Waals surface area contributed by atoms with Crippen molar-refractivity contribution in [2.24, 2.45) is 17.8 Å². The molecule has 2 aromatic carbocycles. The van der Waals surface area contributed by atoms with Crippen LogP contribution >= 0.6 is 0 Å². The third-order valence-electron chi connectivity index (χ3n) is 6.50. The van der Waals surface area contributed by atoms with Crippen LogP contribution in [0, 0.1) is 17.8 Å². The minimum atomic E-state index is -0.938. The minimum Gasteiger partial charge on any atom is -0.481 e. The summed E-state index contributed by atoms with van der Waals surface area (Å²) in [5.74, 6) is -2.04. The van der Waals surface area contributed by atoms with Gasteiger partial charge in [0.2, 0.25) is 5.91 Å². The molecule has 1 aliphatic rings. The molecule has 2 amide bonds. The number of nitrogens with one attached hydrogen (secondary N) is 2. The molecular formula is C27H34N2O5. The van der Waals surface area contributed by atoms with Gasteiger partial charge in [0.15, 0.2) is 0 Å². The van der Waals surface area contributed by atoms with Crippen LogP contribution in [0.5, 0.6) is 0 Å². The fourth-order valence-corrected chi connectivity index (χ4v) is 4.35. The molecule has 34 heavy (non-hydrogen) atoms. The van der Waals surface area contributed by atoms with Crippen molar-refractivity contribution < 1.29 is 24.2 Å². The number of benzene rings is 2. The second-order valence-electron chi connectivity index (χ2n) is 9.52. The maximum absolute atomic E-state index is 12.6. The Morgan fingerprint density at radius 1 is 0.912 bits per heavy atom. The number of carbonyl (C=O) groups excluding carboxylic acids is 2. The van der Waals surface area contributed by atoms with Crippen LogP contribution in [0.4, 0.5) is 4.79 Å². The highest BCUT2D eigenvalue weighted by molar-refractivity contribution is 5.80. The second-order valence-corrected chi connectivity index (χ2v) is 9.52. The Morgan fingerprint density at radius 3 is 1.97 bits per heavy atom. The number of hydrogen-bond acceptors (Lipinski definition) is 4. The Balaban J connectivity index is 1.56. The lowest BCUT2D eigenvalue weighted by atomic mass is 9.95. The molecule has 0 aliphatic heterocycles. The summed E-state index contributed by atoms with van der Waals surface area (Å²) in [5, 5.41) is 14.8. The van der Waals surface area contributed by atoms with E-state index in [1.54, 1.807) is 13.8 Å². The molecule has 0 heterocycles. The van der Waals surface area contributed by atoms with Gasteiger partial charge >= 0.3 is 12.1 Å². The lowest BCUT2D eigenvalue weighted by Crippen LogP contribution is -2.44. The molecule has 182 valence electrons. The number of alkyl carbamates (subject to hydrolysis) is 1. The van der Waals surface area contributed by atoms with Crippen LogP contribution in [0.1, 0.15) is 51.2 Å². The molecule has 3 N–H and O–H groups in total. The highest BCUT2D eigenvalue weighted by atomic mass is 16.5. The van der Waals surface area contributed by atoms with E-state index in [2.05, 4.69) is 34.9 Å². The molecule has 0 saturated heterocycles. The Kier molecular flexibility index (Phi) is 8.31. The molecule has 0 radical (unpaired) electrons. The first kappa shape index (κ1) is 25.3. The van der Waals surface area contributed by atoms with Crippen LogP contribution in [0.15, 0.2) is 48.5 Å². The first-order valence-electron chi connectivity index (χ1n) is 11.8. The number of carbonyl (C=O) groups is 3. The lowest BCUT2D eigenvalue weighted by molar-refractivity contribution is -0.143. The van der Waals surface area contributed by atoms with Crippen molar-refractivity contribution in [3.05, 3.63) is 59.7 Å². The summed E-state index contributed by atoms with van der Waals surface area (Å²) < 4.78 is 5.60. The monoisotopic (exact) mass is 466 g/mol. The Labute approximate surface area is 200 Å². The number of carboxylic acids is 1. The molecule has 3 rings (SSSR count). The number of rotatable bonds is 10. The van der Waals surface area contributed by atoms with Crippen molar-refractivity contribution in [3.8, 4) is 11.1 Å². The van der Waals surface area contributed by atoms with Crippen LogP contribution < -0.4 is 10.6 Å². The second kappa shape index (κ2) is 11.2. The van der Waals surface area contributed by atoms with E-state index in [1.807, 2.05) is 38.1 Å². The van der Waals surface area contributed by atoms with Crippen molar-refractivity contribution in [1.29, 1.82) is 0 Å². The van der Waals surface area contributed by atoms with Crippen molar-refractivity contribution in [2.45, 2.75) is 46.1 Å². The van der Waals surface area contributed by atoms with Crippen LogP contribution in [0.2, 0.25) is 0 Å². The molecule has 7 heteroatoms. The molecule has 0 bridgehead atoms. The van der Waals surface area contributed by atoms with E-state index in [-0.39, 0.29) is 43.2 Å². The van der Waals surface area contributed by atoms with E-state index < -0.39 is 24.0 Å². The molecule has 7 nitrogen and oxygen atoms in total. The Bertz CT molecular complexity index is 988. The maximum Gasteiger partial charge on any atom is 0.407 e. The number of fused-ring (bicyclic) bond motifs is 3. The van der Waals surface area contributed by atoms with Gasteiger partial charge in [0.25, 0.3) is 0 Å². The van der Waals surface area contributed by atoms with Gasteiger partial charge in [-0.15, -0.1) is 0 Å². The number of ether oxygens (including phenoxy) is 1. The van der Waals surface area contributed by atoms with Crippen molar-refractivity contribution in [2.75, 3.05) is 13.2 Å². The lowest BCUT2D eigenvalue weighted by Gasteiger charge is -2.23. The molecule has 2 aromatic rings. The maximum atomic E-state index is 12.6. The van der Waals surface area contributed by atoms with E-state index in [4.69, 9.17) is 4.74 Å². The molecular weight excluding hydrogens is 432 g/mol. The Morgan fingerprint density at radius 2 is 1.47 bits per heavy atom. The van der Waals surface area contributed by atoms with E-state index >= 15 is 0 Å². The zero-order chi connectivity index (χ0) is 24.8. The number of aliphatic carboxylic acids is 1. The van der Waals surface area contributed by atoms with E-state index in [9.17, 15) is 19.5 Å². The summed E-state index contributed by atoms with van der Waals surface area (Å²) in [6.07, 6.45) is -0.522. The van der Waals surface area contributed by atoms with Gasteiger partial charge in [-0.25, -0.2) is 4.79 Å². The first-order valence-corrected chi connectivity index (χ1v) is 11.8. The van der Waals surface area contributed by atoms with Crippen LogP contribution in [-0.4, -0.2) is 42.3 Å². The minimum absolute atomic E-state index is 0.00778. The highest BCUT2D eigenvalue weighted by Gasteiger charge is 2.30. The zero-order valence-electron chi connectivity index (χ0n) is 20.2. The van der Waals surface area contributed by atoms with Gasteiger partial charge in [-0.1, -0.05) is 76.2 Å². The average Bonchev–Trinajstić information content (AvgIpc) is 3.10. The van der Waals surface area contributed by atoms with Crippen LogP contribution in [0.25, 0.3) is 11.1 Å². The molecule has 0 spiro atoms. The van der Waals surface area contributed by atoms with E-state index in [0.29, 0.717) is 0 Å². The molecule has 0 aromatic heterocycles. The largest absolute Gasteiger partial charge is 0.481 e. The number of hydrogen-bond donors (Lipinski definition) is 3. The van der Waals surface area contributed by atoms with Gasteiger partial charge in [-0.3, -0.25) is 9.59 Å². The van der Waals surface area contributed by atoms with Crippen LogP contribution in [-0.2, 0) is 14.3 Å². The summed E-state index contributed by atoms with van der Waals surface area (Å²) in [7, 11) is 0. The number of carboxylic acid groups (broad SMARTS) is 1. The van der Waals surface area contributed by atoms with Crippen molar-refractivity contribution in [1.82, 2.24) is 10.6 Å². The summed E-state index contributed by atoms with van der Waals surface area (Å²) in [6.45, 7) is 7.69. The average molecular weight is 467 g/mol. The fourth-order valence-electron chi connectivity index (χ4n) is 4.35. The normalized spacial score (nSPS) is 14.3. The molecule has 0 fully saturated rings. The SMILES string of the molecule is CC(C)C(CNC(=O)C[C@H](NC(=O)OCC1c2ccccc2-c2ccccc21)C(C)C)C(=O)O. The van der Waals surface area contributed by atoms with Gasteiger partial charge in [0.05, 0.1) is 5.92 Å². The standard InChI is InChI=1S/C27H34N2O5/c1-16(2)22(26(31)32)14-28-25(30)13-24(17(3)4)29-27(33)34-15-23-20-11-7-5-9-18(20)19-10-6-8-12-21(19)23/h5-12,16-17,22-24H,13-15H2,1-4H3,(H,28,30)(H,29,33)(H,31,32)/t22?,24-/m0/s1. The van der Waals surface area contributed by atoms with Crippen LogP contribution in [0.3, 0.4) is 0 Å². The van der Waals surface area contributed by atoms with Crippen molar-refractivity contribution in [3.63, 3.8) is 0 Å². The van der Waals surface area contributed by atoms with Crippen molar-refractivity contribution >= 4 is 18.0 Å². The first-order chi connectivity index (χ1) is 16.2. The third kappa shape index (κ3) is 5.95. The fraction of sp³-hybridized carbons (Fsp3) is 0.444. The Hall–Kier alpha value is -3.35. The summed E-state index contributed by atoms with van der Waals surface area (Å²) in [6, 6.07) is 15.8. The topological polar surface area (TPSA) is 105 Å². The molecule has 2 atom stereocenters. The summed E-state index contributed by atoms with van der Waals surface area (Å²) >= 11 is 0. The third-order valence-corrected chi connectivity index (χ3v) is 6.50. The highest BCUT2D eigenvalue weighted by Crippen LogP contribution is 2.44. The van der Waals surface area contributed by atoms with Gasteiger partial charge in [-0.2, -0.15) is 0 Å². The summed E-state index contributed by atoms with van der Waals surface area (Å²) in [4.78, 5) is 36.4. The quantitative estimate of drug-likeness (QED) is 0.481. The number of amides is 2. The molecule has 1 unspecified atom stereocenters. The zero-order valence-corrected chi connectivity index (χ0v) is 20.2. The molecule has 0 saturated carbocycles. The smallest absolute Gasteiger partial charge is 0.407 e. The predicted octanol–water partition coefficient (Wildman–Crippen LogP) is 4.41. The van der Waals surface area contributed by atoms with Gasteiger partial charge in [0.1, 0.15) is 6.61 Å². The molecule has 1 aliphatic carbocycles. The predicted molar refractivity (Wildman–Crippen MR) is 130 cm³/mol. The van der Waals surface area contributed by atoms with Gasteiger partial charge in [0, 0.05) is 24.9 Å². The van der Waals surface area contributed by atoms with E-state index in [0.717, 1.165) is 22.3 Å².